The molecule has 0 spiro atoms. The largest absolute Gasteiger partial charge is 0.451 e. The highest BCUT2D eigenvalue weighted by molar-refractivity contribution is 7.89. The van der Waals surface area contributed by atoms with Crippen molar-refractivity contribution in [3.63, 3.8) is 0 Å². The number of amides is 1. The van der Waals surface area contributed by atoms with Gasteiger partial charge in [-0.2, -0.15) is 9.98 Å². The van der Waals surface area contributed by atoms with Crippen molar-refractivity contribution in [2.75, 3.05) is 5.32 Å². The fourth-order valence-electron chi connectivity index (χ4n) is 2.25. The summed E-state index contributed by atoms with van der Waals surface area (Å²) in [5, 5.41) is 11.4. The summed E-state index contributed by atoms with van der Waals surface area (Å²) >= 11 is 0. The molecule has 2 N–H and O–H groups in total. The van der Waals surface area contributed by atoms with Gasteiger partial charge in [0.15, 0.2) is 6.10 Å². The van der Waals surface area contributed by atoms with E-state index in [1.54, 1.807) is 18.2 Å². The van der Waals surface area contributed by atoms with Gasteiger partial charge in [-0.05, 0) is 44.2 Å². The minimum Gasteiger partial charge on any atom is -0.451 e. The third-order valence-corrected chi connectivity index (χ3v) is 5.31. The van der Waals surface area contributed by atoms with Crippen LogP contribution in [0.2, 0.25) is 0 Å². The molecule has 152 valence electrons. The standard InChI is InChI=1S/C19H18FN3O5S/c1-12(23-29(26,27)17-9-4-3-8-16(17)20)19(25)28-13(2)18(24)22-15-7-5-6-14(10-15)11-21/h3-10,12-13,23H,1-2H3,(H,22,24)/t12-,13+/m0/s1. The van der Waals surface area contributed by atoms with Gasteiger partial charge in [-0.1, -0.05) is 18.2 Å². The maximum atomic E-state index is 13.7. The first-order valence-electron chi connectivity index (χ1n) is 8.42. The number of ether oxygens (including phenoxy) is 1. The maximum absolute atomic E-state index is 13.7. The van der Waals surface area contributed by atoms with Gasteiger partial charge in [-0.15, -0.1) is 0 Å². The Morgan fingerprint density at radius 1 is 1.14 bits per heavy atom. The van der Waals surface area contributed by atoms with Crippen LogP contribution in [0.4, 0.5) is 10.1 Å². The monoisotopic (exact) mass is 419 g/mol. The molecule has 2 aromatic carbocycles. The average molecular weight is 419 g/mol. The number of nitrogens with zero attached hydrogens (tertiary/aromatic N) is 1. The lowest BCUT2D eigenvalue weighted by molar-refractivity contribution is -0.154. The number of nitrogens with one attached hydrogen (secondary N) is 2. The summed E-state index contributed by atoms with van der Waals surface area (Å²) in [7, 11) is -4.30. The smallest absolute Gasteiger partial charge is 0.324 e. The molecule has 0 saturated carbocycles. The van der Waals surface area contributed by atoms with Gasteiger partial charge in [0.1, 0.15) is 16.8 Å². The van der Waals surface area contributed by atoms with E-state index in [0.29, 0.717) is 11.3 Å². The van der Waals surface area contributed by atoms with Crippen LogP contribution in [-0.2, 0) is 24.3 Å². The minimum absolute atomic E-state index is 0.337. The van der Waals surface area contributed by atoms with Crippen LogP contribution in [0.25, 0.3) is 0 Å². The predicted molar refractivity (Wildman–Crippen MR) is 102 cm³/mol. The Kier molecular flexibility index (Phi) is 7.03. The van der Waals surface area contributed by atoms with Gasteiger partial charge < -0.3 is 10.1 Å². The molecule has 0 aromatic heterocycles. The minimum atomic E-state index is -4.30. The van der Waals surface area contributed by atoms with Crippen LogP contribution in [0.1, 0.15) is 19.4 Å². The zero-order valence-corrected chi connectivity index (χ0v) is 16.4. The molecule has 2 atom stereocenters. The van der Waals surface area contributed by atoms with Gasteiger partial charge in [-0.25, -0.2) is 12.8 Å². The summed E-state index contributed by atoms with van der Waals surface area (Å²) in [5.74, 6) is -2.65. The normalized spacial score (nSPS) is 13.0. The Hall–Kier alpha value is -3.29. The second-order valence-corrected chi connectivity index (χ2v) is 7.72. The molecule has 0 aliphatic carbocycles. The van der Waals surface area contributed by atoms with Crippen molar-refractivity contribution in [3.05, 3.63) is 59.9 Å². The first kappa shape index (κ1) is 22.0. The van der Waals surface area contributed by atoms with Crippen molar-refractivity contribution >= 4 is 27.6 Å². The van der Waals surface area contributed by atoms with Crippen LogP contribution in [0, 0.1) is 17.1 Å². The number of benzene rings is 2. The van der Waals surface area contributed by atoms with Gasteiger partial charge in [0.25, 0.3) is 5.91 Å². The van der Waals surface area contributed by atoms with Crippen LogP contribution in [0.15, 0.2) is 53.4 Å². The molecule has 29 heavy (non-hydrogen) atoms. The topological polar surface area (TPSA) is 125 Å². The number of hydrogen-bond acceptors (Lipinski definition) is 6. The number of carbonyl (C=O) groups excluding carboxylic acids is 2. The van der Waals surface area contributed by atoms with Crippen molar-refractivity contribution in [3.8, 4) is 6.07 Å². The second kappa shape index (κ2) is 9.27. The molecule has 2 aromatic rings. The zero-order valence-electron chi connectivity index (χ0n) is 15.5. The first-order valence-corrected chi connectivity index (χ1v) is 9.90. The number of rotatable bonds is 7. The molecule has 0 radical (unpaired) electrons. The lowest BCUT2D eigenvalue weighted by Crippen LogP contribution is -2.42. The van der Waals surface area contributed by atoms with E-state index in [0.717, 1.165) is 12.1 Å². The van der Waals surface area contributed by atoms with Gasteiger partial charge in [0.2, 0.25) is 10.0 Å². The summed E-state index contributed by atoms with van der Waals surface area (Å²) in [6.45, 7) is 2.52. The van der Waals surface area contributed by atoms with E-state index in [4.69, 9.17) is 10.00 Å². The molecule has 0 heterocycles. The molecule has 0 fully saturated rings. The third-order valence-electron chi connectivity index (χ3n) is 3.73. The van der Waals surface area contributed by atoms with E-state index in [9.17, 15) is 22.4 Å². The maximum Gasteiger partial charge on any atom is 0.324 e. The molecular formula is C19H18FN3O5S. The Morgan fingerprint density at radius 2 is 1.83 bits per heavy atom. The van der Waals surface area contributed by atoms with Crippen LogP contribution in [0.3, 0.4) is 0 Å². The highest BCUT2D eigenvalue weighted by atomic mass is 32.2. The number of nitriles is 1. The summed E-state index contributed by atoms with van der Waals surface area (Å²) in [4.78, 5) is 23.7. The van der Waals surface area contributed by atoms with E-state index in [2.05, 4.69) is 5.32 Å². The first-order chi connectivity index (χ1) is 13.6. The van der Waals surface area contributed by atoms with Crippen molar-refractivity contribution in [2.45, 2.75) is 30.9 Å². The number of carbonyl (C=O) groups is 2. The quantitative estimate of drug-likeness (QED) is 0.661. The molecule has 0 bridgehead atoms. The van der Waals surface area contributed by atoms with Crippen LogP contribution in [0.5, 0.6) is 0 Å². The average Bonchev–Trinajstić information content (AvgIpc) is 2.67. The molecule has 2 rings (SSSR count). The van der Waals surface area contributed by atoms with E-state index < -0.39 is 44.8 Å². The molecule has 0 aliphatic heterocycles. The number of sulfonamides is 1. The summed E-state index contributed by atoms with van der Waals surface area (Å²) < 4.78 is 45.1. The third kappa shape index (κ3) is 5.84. The van der Waals surface area contributed by atoms with Gasteiger partial charge in [0, 0.05) is 5.69 Å². The van der Waals surface area contributed by atoms with E-state index >= 15 is 0 Å². The number of esters is 1. The molecule has 1 amide bonds. The summed E-state index contributed by atoms with van der Waals surface area (Å²) in [6, 6.07) is 11.4. The van der Waals surface area contributed by atoms with E-state index in [1.165, 1.54) is 32.0 Å². The van der Waals surface area contributed by atoms with E-state index in [-0.39, 0.29) is 0 Å². The molecule has 8 nitrogen and oxygen atoms in total. The summed E-state index contributed by atoms with van der Waals surface area (Å²) in [5.41, 5.74) is 0.675. The van der Waals surface area contributed by atoms with Crippen LogP contribution >= 0.6 is 0 Å². The molecular weight excluding hydrogens is 401 g/mol. The van der Waals surface area contributed by atoms with Gasteiger partial charge >= 0.3 is 5.97 Å². The number of anilines is 1. The molecule has 0 aliphatic rings. The van der Waals surface area contributed by atoms with Crippen molar-refractivity contribution in [2.24, 2.45) is 0 Å². The summed E-state index contributed by atoms with van der Waals surface area (Å²) in [6.07, 6.45) is -1.24. The second-order valence-electron chi connectivity index (χ2n) is 6.03. The Balaban J connectivity index is 1.98. The Labute approximate surface area is 167 Å². The predicted octanol–water partition coefficient (Wildman–Crippen LogP) is 1.93. The zero-order chi connectivity index (χ0) is 21.6. The van der Waals surface area contributed by atoms with Crippen LogP contribution < -0.4 is 10.0 Å². The highest BCUT2D eigenvalue weighted by Gasteiger charge is 2.27. The van der Waals surface area contributed by atoms with Crippen LogP contribution in [-0.4, -0.2) is 32.4 Å². The van der Waals surface area contributed by atoms with Crippen molar-refractivity contribution < 1.29 is 27.1 Å². The van der Waals surface area contributed by atoms with Crippen molar-refractivity contribution in [1.29, 1.82) is 5.26 Å². The van der Waals surface area contributed by atoms with Crippen molar-refractivity contribution in [1.82, 2.24) is 4.72 Å². The fourth-order valence-corrected chi connectivity index (χ4v) is 3.52. The number of hydrogen-bond donors (Lipinski definition) is 2. The van der Waals surface area contributed by atoms with E-state index in [1.807, 2.05) is 10.8 Å². The lowest BCUT2D eigenvalue weighted by atomic mass is 10.2. The van der Waals surface area contributed by atoms with Gasteiger partial charge in [-0.3, -0.25) is 9.59 Å². The lowest BCUT2D eigenvalue weighted by Gasteiger charge is -2.18. The molecule has 0 unspecified atom stereocenters. The molecule has 0 saturated heterocycles. The Morgan fingerprint density at radius 3 is 2.48 bits per heavy atom. The Bertz CT molecular complexity index is 1070. The number of halogens is 1. The van der Waals surface area contributed by atoms with Gasteiger partial charge in [0.05, 0.1) is 11.6 Å². The molecule has 10 heteroatoms. The SMILES string of the molecule is C[C@H](NS(=O)(=O)c1ccccc1F)C(=O)O[C@H](C)C(=O)Nc1cccc(C#N)c1. The highest BCUT2D eigenvalue weighted by Crippen LogP contribution is 2.14. The fraction of sp³-hybridized carbons (Fsp3) is 0.211.